The zero-order chi connectivity index (χ0) is 21.3. The predicted octanol–water partition coefficient (Wildman–Crippen LogP) is 4.38. The number of nitrogens with zero attached hydrogens (tertiary/aromatic N) is 4. The molecule has 2 heterocycles. The van der Waals surface area contributed by atoms with E-state index in [9.17, 15) is 18.0 Å². The largest absolute Gasteiger partial charge is 0.573 e. The summed E-state index contributed by atoms with van der Waals surface area (Å²) in [5.41, 5.74) is 2.22. The molecule has 0 amide bonds. The van der Waals surface area contributed by atoms with E-state index in [2.05, 4.69) is 14.9 Å². The Balaban J connectivity index is 1.68. The highest BCUT2D eigenvalue weighted by Crippen LogP contribution is 2.31. The standard InChI is InChI=1S/C21H17F3N4O2/c1-14-5-7-15(8-6-14)28-18(9-11-25-28)20-19(29)10-12-27(26-20)16-3-2-4-17(13-16)30-21(22,23)24/h2-8,10-13,18H,9H2,1H3. The van der Waals surface area contributed by atoms with Crippen molar-refractivity contribution in [1.29, 1.82) is 0 Å². The third kappa shape index (κ3) is 4.19. The van der Waals surface area contributed by atoms with Crippen molar-refractivity contribution in [2.75, 3.05) is 5.01 Å². The number of alkyl halides is 3. The third-order valence-corrected chi connectivity index (χ3v) is 4.59. The summed E-state index contributed by atoms with van der Waals surface area (Å²) in [6.45, 7) is 1.97. The normalized spacial score (nSPS) is 16.1. The summed E-state index contributed by atoms with van der Waals surface area (Å²) in [6, 6.07) is 14.0. The van der Waals surface area contributed by atoms with Gasteiger partial charge >= 0.3 is 6.36 Å². The van der Waals surface area contributed by atoms with Gasteiger partial charge in [-0.25, -0.2) is 4.68 Å². The Morgan fingerprint density at radius 2 is 1.83 bits per heavy atom. The minimum absolute atomic E-state index is 0.248. The lowest BCUT2D eigenvalue weighted by Crippen LogP contribution is -2.27. The highest BCUT2D eigenvalue weighted by molar-refractivity contribution is 5.67. The first-order chi connectivity index (χ1) is 14.3. The van der Waals surface area contributed by atoms with E-state index in [0.29, 0.717) is 12.1 Å². The Labute approximate surface area is 169 Å². The molecule has 1 aliphatic rings. The first-order valence-electron chi connectivity index (χ1n) is 9.14. The van der Waals surface area contributed by atoms with E-state index in [0.717, 1.165) is 11.3 Å². The third-order valence-electron chi connectivity index (χ3n) is 4.59. The monoisotopic (exact) mass is 414 g/mol. The molecule has 2 aromatic carbocycles. The van der Waals surface area contributed by atoms with Crippen LogP contribution in [0.5, 0.6) is 5.75 Å². The quantitative estimate of drug-likeness (QED) is 0.636. The number of halogens is 3. The van der Waals surface area contributed by atoms with Crippen LogP contribution in [0.1, 0.15) is 23.7 Å². The van der Waals surface area contributed by atoms with Crippen molar-refractivity contribution >= 4 is 11.9 Å². The minimum Gasteiger partial charge on any atom is -0.406 e. The molecule has 0 radical (unpaired) electrons. The molecule has 0 N–H and O–H groups in total. The van der Waals surface area contributed by atoms with Gasteiger partial charge in [0.2, 0.25) is 5.43 Å². The van der Waals surface area contributed by atoms with Crippen molar-refractivity contribution in [1.82, 2.24) is 9.78 Å². The molecule has 1 unspecified atom stereocenters. The molecular weight excluding hydrogens is 397 g/mol. The average Bonchev–Trinajstić information content (AvgIpc) is 3.17. The Morgan fingerprint density at radius 3 is 2.57 bits per heavy atom. The summed E-state index contributed by atoms with van der Waals surface area (Å²) in [5.74, 6) is -0.368. The first-order valence-corrected chi connectivity index (χ1v) is 9.14. The molecule has 30 heavy (non-hydrogen) atoms. The Morgan fingerprint density at radius 1 is 1.07 bits per heavy atom. The van der Waals surface area contributed by atoms with E-state index >= 15 is 0 Å². The molecule has 0 saturated heterocycles. The highest BCUT2D eigenvalue weighted by atomic mass is 19.4. The lowest BCUT2D eigenvalue weighted by atomic mass is 10.1. The van der Waals surface area contributed by atoms with Gasteiger partial charge in [-0.3, -0.25) is 9.80 Å². The first kappa shape index (κ1) is 19.7. The zero-order valence-corrected chi connectivity index (χ0v) is 15.9. The van der Waals surface area contributed by atoms with Gasteiger partial charge in [0.25, 0.3) is 0 Å². The summed E-state index contributed by atoms with van der Waals surface area (Å²) in [7, 11) is 0. The summed E-state index contributed by atoms with van der Waals surface area (Å²) in [4.78, 5) is 12.5. The SMILES string of the molecule is Cc1ccc(N2N=CCC2c2nn(-c3cccc(OC(F)(F)F)c3)ccc2=O)cc1. The summed E-state index contributed by atoms with van der Waals surface area (Å²) in [5, 5.41) is 10.5. The van der Waals surface area contributed by atoms with E-state index in [1.54, 1.807) is 17.3 Å². The molecule has 9 heteroatoms. The van der Waals surface area contributed by atoms with Gasteiger partial charge < -0.3 is 4.74 Å². The van der Waals surface area contributed by atoms with Crippen LogP contribution in [-0.2, 0) is 0 Å². The van der Waals surface area contributed by atoms with Crippen LogP contribution in [0.2, 0.25) is 0 Å². The number of benzene rings is 2. The molecule has 0 saturated carbocycles. The van der Waals surface area contributed by atoms with Gasteiger partial charge in [-0.2, -0.15) is 10.2 Å². The van der Waals surface area contributed by atoms with Gasteiger partial charge in [-0.15, -0.1) is 13.2 Å². The second kappa shape index (κ2) is 7.66. The number of hydrogen-bond acceptors (Lipinski definition) is 5. The summed E-state index contributed by atoms with van der Waals surface area (Å²) < 4.78 is 42.9. The fourth-order valence-corrected chi connectivity index (χ4v) is 3.21. The van der Waals surface area contributed by atoms with Crippen LogP contribution in [0, 0.1) is 6.92 Å². The van der Waals surface area contributed by atoms with Crippen molar-refractivity contribution in [2.24, 2.45) is 5.10 Å². The number of aromatic nitrogens is 2. The van der Waals surface area contributed by atoms with E-state index < -0.39 is 12.4 Å². The molecule has 0 bridgehead atoms. The molecule has 1 atom stereocenters. The van der Waals surface area contributed by atoms with E-state index in [-0.39, 0.29) is 16.9 Å². The van der Waals surface area contributed by atoms with Gasteiger partial charge in [-0.05, 0) is 31.2 Å². The van der Waals surface area contributed by atoms with Gasteiger partial charge in [0.05, 0.1) is 11.4 Å². The fourth-order valence-electron chi connectivity index (χ4n) is 3.21. The lowest BCUT2D eigenvalue weighted by Gasteiger charge is -2.23. The van der Waals surface area contributed by atoms with Crippen molar-refractivity contribution in [3.05, 3.63) is 82.3 Å². The number of hydrogen-bond donors (Lipinski definition) is 0. The van der Waals surface area contributed by atoms with Gasteiger partial charge in [0.15, 0.2) is 0 Å². The molecular formula is C21H17F3N4O2. The second-order valence-corrected chi connectivity index (χ2v) is 6.78. The van der Waals surface area contributed by atoms with Crippen molar-refractivity contribution < 1.29 is 17.9 Å². The molecule has 0 spiro atoms. The Kier molecular flexibility index (Phi) is 5.03. The molecule has 6 nitrogen and oxygen atoms in total. The van der Waals surface area contributed by atoms with E-state index in [4.69, 9.17) is 0 Å². The summed E-state index contributed by atoms with van der Waals surface area (Å²) in [6.07, 6.45) is -1.20. The van der Waals surface area contributed by atoms with Crippen LogP contribution in [0.15, 0.2) is 70.7 Å². The maximum absolute atomic E-state index is 12.5. The van der Waals surface area contributed by atoms with Gasteiger partial charge in [0.1, 0.15) is 17.5 Å². The number of aryl methyl sites for hydroxylation is 1. The molecule has 0 aliphatic carbocycles. The number of ether oxygens (including phenoxy) is 1. The van der Waals surface area contributed by atoms with Crippen LogP contribution in [0.25, 0.3) is 5.69 Å². The number of hydrazone groups is 1. The van der Waals surface area contributed by atoms with Gasteiger partial charge in [0, 0.05) is 31.0 Å². The van der Waals surface area contributed by atoms with Crippen LogP contribution < -0.4 is 15.2 Å². The molecule has 3 aromatic rings. The topological polar surface area (TPSA) is 59.7 Å². The molecule has 4 rings (SSSR count). The second-order valence-electron chi connectivity index (χ2n) is 6.78. The van der Waals surface area contributed by atoms with Crippen LogP contribution in [0.4, 0.5) is 18.9 Å². The predicted molar refractivity (Wildman–Crippen MR) is 106 cm³/mol. The number of anilines is 1. The molecule has 0 fully saturated rings. The van der Waals surface area contributed by atoms with Crippen LogP contribution in [-0.4, -0.2) is 22.4 Å². The summed E-state index contributed by atoms with van der Waals surface area (Å²) >= 11 is 0. The molecule has 1 aliphatic heterocycles. The average molecular weight is 414 g/mol. The highest BCUT2D eigenvalue weighted by Gasteiger charge is 2.31. The maximum atomic E-state index is 12.5. The Hall–Kier alpha value is -3.62. The van der Waals surface area contributed by atoms with Crippen LogP contribution >= 0.6 is 0 Å². The van der Waals surface area contributed by atoms with E-state index in [1.165, 1.54) is 35.1 Å². The molecule has 1 aromatic heterocycles. The number of rotatable bonds is 4. The van der Waals surface area contributed by atoms with Gasteiger partial charge in [-0.1, -0.05) is 23.8 Å². The smallest absolute Gasteiger partial charge is 0.406 e. The van der Waals surface area contributed by atoms with E-state index in [1.807, 2.05) is 31.2 Å². The van der Waals surface area contributed by atoms with Crippen molar-refractivity contribution in [3.8, 4) is 11.4 Å². The lowest BCUT2D eigenvalue weighted by molar-refractivity contribution is -0.274. The molecule has 154 valence electrons. The maximum Gasteiger partial charge on any atom is 0.573 e. The van der Waals surface area contributed by atoms with Crippen molar-refractivity contribution in [3.63, 3.8) is 0 Å². The fraction of sp³-hybridized carbons (Fsp3) is 0.190. The zero-order valence-electron chi connectivity index (χ0n) is 15.9. The Bertz CT molecular complexity index is 1140. The minimum atomic E-state index is -4.80. The van der Waals surface area contributed by atoms with Crippen molar-refractivity contribution in [2.45, 2.75) is 25.7 Å². The van der Waals surface area contributed by atoms with Crippen LogP contribution in [0.3, 0.4) is 0 Å².